The molecule has 0 amide bonds. The molecule has 0 saturated carbocycles. The van der Waals surface area contributed by atoms with Gasteiger partial charge in [-0.2, -0.15) is 0 Å². The van der Waals surface area contributed by atoms with E-state index in [0.29, 0.717) is 18.5 Å². The predicted octanol–water partition coefficient (Wildman–Crippen LogP) is 1.90. The Balaban J connectivity index is 2.23. The van der Waals surface area contributed by atoms with Crippen molar-refractivity contribution in [2.24, 2.45) is 5.92 Å². The quantitative estimate of drug-likeness (QED) is 0.832. The van der Waals surface area contributed by atoms with Crippen molar-refractivity contribution in [2.75, 3.05) is 13.6 Å². The first-order valence-corrected chi connectivity index (χ1v) is 5.27. The van der Waals surface area contributed by atoms with Crippen molar-refractivity contribution in [3.05, 3.63) is 35.6 Å². The van der Waals surface area contributed by atoms with E-state index in [1.807, 2.05) is 11.9 Å². The zero-order valence-corrected chi connectivity index (χ0v) is 9.06. The predicted molar refractivity (Wildman–Crippen MR) is 57.5 cm³/mol. The Bertz CT molecular complexity index is 408. The summed E-state index contributed by atoms with van der Waals surface area (Å²) in [7, 11) is 1.83. The number of aliphatic carboxylic acids is 1. The fraction of sp³-hybridized carbons (Fsp3) is 0.417. The highest BCUT2D eigenvalue weighted by atomic mass is 19.1. The van der Waals surface area contributed by atoms with Crippen molar-refractivity contribution in [2.45, 2.75) is 12.5 Å². The lowest BCUT2D eigenvalue weighted by Gasteiger charge is -2.19. The standard InChI is InChI=1S/C12H14FNO2/c1-14-7-8(12(15)16)6-11(14)9-4-2-3-5-10(9)13/h2-5,8,11H,6-7H2,1H3,(H,15,16)/t8-,11-/m0/s1. The van der Waals surface area contributed by atoms with Crippen LogP contribution in [0.25, 0.3) is 0 Å². The van der Waals surface area contributed by atoms with Crippen molar-refractivity contribution < 1.29 is 14.3 Å². The zero-order valence-electron chi connectivity index (χ0n) is 9.06. The van der Waals surface area contributed by atoms with Gasteiger partial charge in [0.1, 0.15) is 5.82 Å². The lowest BCUT2D eigenvalue weighted by Crippen LogP contribution is -2.21. The highest BCUT2D eigenvalue weighted by Crippen LogP contribution is 2.35. The van der Waals surface area contributed by atoms with E-state index >= 15 is 0 Å². The fourth-order valence-corrected chi connectivity index (χ4v) is 2.29. The van der Waals surface area contributed by atoms with E-state index in [9.17, 15) is 9.18 Å². The van der Waals surface area contributed by atoms with Crippen molar-refractivity contribution >= 4 is 5.97 Å². The van der Waals surface area contributed by atoms with Crippen LogP contribution in [0.4, 0.5) is 4.39 Å². The van der Waals surface area contributed by atoms with Gasteiger partial charge in [0, 0.05) is 18.2 Å². The number of benzene rings is 1. The molecule has 1 aliphatic heterocycles. The molecule has 1 aromatic carbocycles. The average Bonchev–Trinajstić information content (AvgIpc) is 2.61. The monoisotopic (exact) mass is 223 g/mol. The molecule has 86 valence electrons. The number of hydrogen-bond acceptors (Lipinski definition) is 2. The third-order valence-electron chi connectivity index (χ3n) is 3.16. The van der Waals surface area contributed by atoms with Crippen molar-refractivity contribution in [3.63, 3.8) is 0 Å². The van der Waals surface area contributed by atoms with Crippen LogP contribution in [0, 0.1) is 11.7 Å². The van der Waals surface area contributed by atoms with Crippen LogP contribution in [0.2, 0.25) is 0 Å². The van der Waals surface area contributed by atoms with Gasteiger partial charge in [-0.15, -0.1) is 0 Å². The molecule has 1 aromatic rings. The van der Waals surface area contributed by atoms with Crippen LogP contribution in [0.5, 0.6) is 0 Å². The van der Waals surface area contributed by atoms with Gasteiger partial charge in [0.25, 0.3) is 0 Å². The molecule has 3 nitrogen and oxygen atoms in total. The maximum absolute atomic E-state index is 13.6. The molecule has 0 unspecified atom stereocenters. The lowest BCUT2D eigenvalue weighted by molar-refractivity contribution is -0.141. The first-order chi connectivity index (χ1) is 7.59. The minimum absolute atomic E-state index is 0.123. The molecule has 0 radical (unpaired) electrons. The summed E-state index contributed by atoms with van der Waals surface area (Å²) in [4.78, 5) is 12.8. The maximum Gasteiger partial charge on any atom is 0.307 e. The summed E-state index contributed by atoms with van der Waals surface area (Å²) in [5.41, 5.74) is 0.591. The Kier molecular flexibility index (Phi) is 2.92. The van der Waals surface area contributed by atoms with E-state index in [1.54, 1.807) is 18.2 Å². The van der Waals surface area contributed by atoms with Gasteiger partial charge in [-0.05, 0) is 19.5 Å². The van der Waals surface area contributed by atoms with Gasteiger partial charge in [0.2, 0.25) is 0 Å². The number of hydrogen-bond donors (Lipinski definition) is 1. The number of halogens is 1. The molecule has 0 spiro atoms. The zero-order chi connectivity index (χ0) is 11.7. The summed E-state index contributed by atoms with van der Waals surface area (Å²) in [5, 5.41) is 8.94. The van der Waals surface area contributed by atoms with E-state index in [-0.39, 0.29) is 11.9 Å². The first kappa shape index (κ1) is 11.1. The molecule has 4 heteroatoms. The summed E-state index contributed by atoms with van der Waals surface area (Å²) in [6.45, 7) is 0.480. The number of carboxylic acids is 1. The Morgan fingerprint density at radius 2 is 2.19 bits per heavy atom. The summed E-state index contributed by atoms with van der Waals surface area (Å²) in [5.74, 6) is -1.45. The molecular weight excluding hydrogens is 209 g/mol. The van der Waals surface area contributed by atoms with Crippen molar-refractivity contribution in [1.82, 2.24) is 4.90 Å². The molecule has 0 aromatic heterocycles. The van der Waals surface area contributed by atoms with Crippen LogP contribution < -0.4 is 0 Å². The largest absolute Gasteiger partial charge is 0.481 e. The molecule has 16 heavy (non-hydrogen) atoms. The number of rotatable bonds is 2. The molecule has 2 atom stereocenters. The Labute approximate surface area is 93.5 Å². The molecular formula is C12H14FNO2. The molecule has 2 rings (SSSR count). The Hall–Kier alpha value is -1.42. The second-order valence-corrected chi connectivity index (χ2v) is 4.25. The summed E-state index contributed by atoms with van der Waals surface area (Å²) in [6.07, 6.45) is 0.479. The van der Waals surface area contributed by atoms with E-state index in [2.05, 4.69) is 0 Å². The van der Waals surface area contributed by atoms with Crippen LogP contribution in [-0.2, 0) is 4.79 Å². The van der Waals surface area contributed by atoms with Gasteiger partial charge >= 0.3 is 5.97 Å². The van der Waals surface area contributed by atoms with Gasteiger partial charge in [0.15, 0.2) is 0 Å². The van der Waals surface area contributed by atoms with Gasteiger partial charge in [-0.3, -0.25) is 9.69 Å². The van der Waals surface area contributed by atoms with E-state index in [4.69, 9.17) is 5.11 Å². The highest BCUT2D eigenvalue weighted by Gasteiger charge is 2.35. The molecule has 1 fully saturated rings. The number of carboxylic acid groups (broad SMARTS) is 1. The van der Waals surface area contributed by atoms with E-state index in [0.717, 1.165) is 0 Å². The van der Waals surface area contributed by atoms with Crippen LogP contribution in [0.15, 0.2) is 24.3 Å². The molecule has 1 N–H and O–H groups in total. The van der Waals surface area contributed by atoms with Crippen molar-refractivity contribution in [1.29, 1.82) is 0 Å². The Morgan fingerprint density at radius 3 is 2.75 bits per heavy atom. The third kappa shape index (κ3) is 1.93. The summed E-state index contributed by atoms with van der Waals surface area (Å²) in [6, 6.07) is 6.43. The number of likely N-dealkylation sites (tertiary alicyclic amines) is 1. The van der Waals surface area contributed by atoms with Gasteiger partial charge in [-0.1, -0.05) is 18.2 Å². The molecule has 1 saturated heterocycles. The van der Waals surface area contributed by atoms with Crippen LogP contribution in [0.3, 0.4) is 0 Å². The summed E-state index contributed by atoms with van der Waals surface area (Å²) < 4.78 is 13.6. The number of carbonyl (C=O) groups is 1. The maximum atomic E-state index is 13.6. The SMILES string of the molecule is CN1C[C@@H](C(=O)O)C[C@H]1c1ccccc1F. The van der Waals surface area contributed by atoms with Crippen molar-refractivity contribution in [3.8, 4) is 0 Å². The van der Waals surface area contributed by atoms with Crippen LogP contribution in [-0.4, -0.2) is 29.6 Å². The third-order valence-corrected chi connectivity index (χ3v) is 3.16. The second kappa shape index (κ2) is 4.22. The normalized spacial score (nSPS) is 25.9. The van der Waals surface area contributed by atoms with Crippen LogP contribution >= 0.6 is 0 Å². The summed E-state index contributed by atoms with van der Waals surface area (Å²) >= 11 is 0. The molecule has 1 aliphatic rings. The van der Waals surface area contributed by atoms with Crippen LogP contribution in [0.1, 0.15) is 18.0 Å². The lowest BCUT2D eigenvalue weighted by atomic mass is 9.99. The fourth-order valence-electron chi connectivity index (χ4n) is 2.29. The first-order valence-electron chi connectivity index (χ1n) is 5.27. The molecule has 1 heterocycles. The van der Waals surface area contributed by atoms with Gasteiger partial charge in [-0.25, -0.2) is 4.39 Å². The van der Waals surface area contributed by atoms with Gasteiger partial charge < -0.3 is 5.11 Å². The number of nitrogens with zero attached hydrogens (tertiary/aromatic N) is 1. The molecule has 0 bridgehead atoms. The minimum Gasteiger partial charge on any atom is -0.481 e. The smallest absolute Gasteiger partial charge is 0.307 e. The average molecular weight is 223 g/mol. The van der Waals surface area contributed by atoms with E-state index in [1.165, 1.54) is 6.07 Å². The van der Waals surface area contributed by atoms with Gasteiger partial charge in [0.05, 0.1) is 5.92 Å². The van der Waals surface area contributed by atoms with E-state index < -0.39 is 11.9 Å². The minimum atomic E-state index is -0.800. The molecule has 0 aliphatic carbocycles. The topological polar surface area (TPSA) is 40.5 Å². The second-order valence-electron chi connectivity index (χ2n) is 4.25. The highest BCUT2D eigenvalue weighted by molar-refractivity contribution is 5.70. The Morgan fingerprint density at radius 1 is 1.50 bits per heavy atom.